The van der Waals surface area contributed by atoms with Gasteiger partial charge < -0.3 is 5.32 Å². The molecule has 0 spiro atoms. The molecule has 0 fully saturated rings. The summed E-state index contributed by atoms with van der Waals surface area (Å²) < 4.78 is 0. The molecule has 5 nitrogen and oxygen atoms in total. The molecule has 6 heteroatoms. The lowest BCUT2D eigenvalue weighted by Crippen LogP contribution is -2.17. The topological polar surface area (TPSA) is 79.0 Å². The van der Waals surface area contributed by atoms with Gasteiger partial charge in [0.15, 0.2) is 0 Å². The number of nitro groups is 1. The lowest BCUT2D eigenvalue weighted by atomic mass is 10.1. The highest BCUT2D eigenvalue weighted by Crippen LogP contribution is 2.22. The quantitative estimate of drug-likeness (QED) is 0.642. The zero-order valence-electron chi connectivity index (χ0n) is 9.64. The second-order valence-electron chi connectivity index (χ2n) is 3.60. The fourth-order valence-corrected chi connectivity index (χ4v) is 2.03. The minimum Gasteiger partial charge on any atom is -0.382 e. The average Bonchev–Trinajstić information content (AvgIpc) is 2.28. The molecule has 1 atom stereocenters. The molecule has 0 heterocycles. The van der Waals surface area contributed by atoms with Crippen molar-refractivity contribution >= 4 is 23.1 Å². The van der Waals surface area contributed by atoms with E-state index >= 15 is 0 Å². The van der Waals surface area contributed by atoms with Crippen LogP contribution >= 0.6 is 11.8 Å². The van der Waals surface area contributed by atoms with E-state index in [-0.39, 0.29) is 17.3 Å². The van der Waals surface area contributed by atoms with Crippen LogP contribution in [0.5, 0.6) is 0 Å². The van der Waals surface area contributed by atoms with Gasteiger partial charge in [-0.1, -0.05) is 0 Å². The Morgan fingerprint density at radius 3 is 2.88 bits per heavy atom. The van der Waals surface area contributed by atoms with Crippen molar-refractivity contribution in [1.29, 1.82) is 5.26 Å². The summed E-state index contributed by atoms with van der Waals surface area (Å²) in [5, 5.41) is 22.7. The highest BCUT2D eigenvalue weighted by Gasteiger charge is 2.14. The number of nitro benzene ring substituents is 1. The number of nitrogens with one attached hydrogen (secondary N) is 1. The van der Waals surface area contributed by atoms with E-state index in [1.54, 1.807) is 17.8 Å². The molecule has 0 amide bonds. The summed E-state index contributed by atoms with van der Waals surface area (Å²) in [6, 6.07) is 6.57. The summed E-state index contributed by atoms with van der Waals surface area (Å²) in [5.74, 6) is 0.929. The molecule has 0 saturated carbocycles. The standard InChI is InChI=1S/C11H13N3O2S/c1-8(7-17-2)13-10-3-4-11(14(15)16)9(5-10)6-12/h3-5,8,13H,7H2,1-2H3/t8-/m0/s1. The maximum absolute atomic E-state index is 10.6. The maximum atomic E-state index is 10.6. The number of hydrogen-bond acceptors (Lipinski definition) is 5. The Morgan fingerprint density at radius 1 is 1.65 bits per heavy atom. The second kappa shape index (κ2) is 6.11. The number of benzene rings is 1. The van der Waals surface area contributed by atoms with Gasteiger partial charge in [0.05, 0.1) is 4.92 Å². The molecule has 1 aromatic rings. The Morgan fingerprint density at radius 2 is 2.35 bits per heavy atom. The molecule has 0 aliphatic heterocycles. The minimum absolute atomic E-state index is 0.0800. The average molecular weight is 251 g/mol. The van der Waals surface area contributed by atoms with Crippen molar-refractivity contribution in [2.45, 2.75) is 13.0 Å². The Hall–Kier alpha value is -1.74. The summed E-state index contributed by atoms with van der Waals surface area (Å²) in [6.45, 7) is 2.02. The van der Waals surface area contributed by atoms with Crippen LogP contribution in [0, 0.1) is 21.4 Å². The van der Waals surface area contributed by atoms with Crippen molar-refractivity contribution in [2.24, 2.45) is 0 Å². The zero-order chi connectivity index (χ0) is 12.8. The number of nitriles is 1. The molecular weight excluding hydrogens is 238 g/mol. The van der Waals surface area contributed by atoms with E-state index in [1.807, 2.05) is 19.2 Å². The zero-order valence-corrected chi connectivity index (χ0v) is 10.5. The summed E-state index contributed by atoms with van der Waals surface area (Å²) in [6.07, 6.45) is 2.01. The van der Waals surface area contributed by atoms with Crippen molar-refractivity contribution in [2.75, 3.05) is 17.3 Å². The highest BCUT2D eigenvalue weighted by atomic mass is 32.2. The van der Waals surface area contributed by atoms with Gasteiger partial charge in [-0.25, -0.2) is 0 Å². The molecule has 0 bridgehead atoms. The van der Waals surface area contributed by atoms with Crippen LogP contribution in [0.3, 0.4) is 0 Å². The van der Waals surface area contributed by atoms with Crippen LogP contribution in [-0.2, 0) is 0 Å². The maximum Gasteiger partial charge on any atom is 0.287 e. The van der Waals surface area contributed by atoms with Gasteiger partial charge in [0.25, 0.3) is 5.69 Å². The Kier molecular flexibility index (Phi) is 4.79. The molecule has 17 heavy (non-hydrogen) atoms. The summed E-state index contributed by atoms with van der Waals surface area (Å²) in [7, 11) is 0. The van der Waals surface area contributed by atoms with Crippen molar-refractivity contribution < 1.29 is 4.92 Å². The number of anilines is 1. The Balaban J connectivity index is 2.91. The first-order chi connectivity index (χ1) is 8.08. The van der Waals surface area contributed by atoms with E-state index in [0.717, 1.165) is 11.4 Å². The smallest absolute Gasteiger partial charge is 0.287 e. The van der Waals surface area contributed by atoms with Crippen LogP contribution in [0.4, 0.5) is 11.4 Å². The van der Waals surface area contributed by atoms with Crippen LogP contribution in [0.1, 0.15) is 12.5 Å². The summed E-state index contributed by atoms with van der Waals surface area (Å²) >= 11 is 1.71. The predicted octanol–water partition coefficient (Wildman–Crippen LogP) is 2.63. The molecule has 1 aromatic carbocycles. The molecular formula is C11H13N3O2S. The third-order valence-corrected chi connectivity index (χ3v) is 2.98. The fraction of sp³-hybridized carbons (Fsp3) is 0.364. The molecule has 1 rings (SSSR count). The minimum atomic E-state index is -0.548. The van der Waals surface area contributed by atoms with E-state index < -0.39 is 4.92 Å². The van der Waals surface area contributed by atoms with Crippen LogP contribution in [0.15, 0.2) is 18.2 Å². The number of rotatable bonds is 5. The second-order valence-corrected chi connectivity index (χ2v) is 4.51. The van der Waals surface area contributed by atoms with Gasteiger partial charge in [-0.2, -0.15) is 17.0 Å². The predicted molar refractivity (Wildman–Crippen MR) is 69.3 cm³/mol. The number of nitrogens with zero attached hydrogens (tertiary/aromatic N) is 2. The van der Waals surface area contributed by atoms with Crippen molar-refractivity contribution in [3.8, 4) is 6.07 Å². The first kappa shape index (κ1) is 13.3. The van der Waals surface area contributed by atoms with Crippen molar-refractivity contribution in [3.63, 3.8) is 0 Å². The fourth-order valence-electron chi connectivity index (χ4n) is 1.45. The number of thioether (sulfide) groups is 1. The van der Waals surface area contributed by atoms with Crippen LogP contribution < -0.4 is 5.32 Å². The largest absolute Gasteiger partial charge is 0.382 e. The highest BCUT2D eigenvalue weighted by molar-refractivity contribution is 7.98. The first-order valence-electron chi connectivity index (χ1n) is 5.02. The molecule has 0 aliphatic carbocycles. The third-order valence-electron chi connectivity index (χ3n) is 2.14. The third kappa shape index (κ3) is 3.64. The van der Waals surface area contributed by atoms with E-state index in [2.05, 4.69) is 5.32 Å². The molecule has 0 radical (unpaired) electrons. The van der Waals surface area contributed by atoms with Gasteiger partial charge >= 0.3 is 0 Å². The van der Waals surface area contributed by atoms with Crippen molar-refractivity contribution in [3.05, 3.63) is 33.9 Å². The lowest BCUT2D eigenvalue weighted by molar-refractivity contribution is -0.385. The molecule has 0 aromatic heterocycles. The van der Waals surface area contributed by atoms with Crippen LogP contribution in [0.25, 0.3) is 0 Å². The number of hydrogen-bond donors (Lipinski definition) is 1. The Labute approximate surface area is 104 Å². The lowest BCUT2D eigenvalue weighted by Gasteiger charge is -2.13. The molecule has 1 N–H and O–H groups in total. The van der Waals surface area contributed by atoms with E-state index in [9.17, 15) is 10.1 Å². The van der Waals surface area contributed by atoms with Gasteiger partial charge in [0.2, 0.25) is 0 Å². The monoisotopic (exact) mass is 251 g/mol. The van der Waals surface area contributed by atoms with Gasteiger partial charge in [0.1, 0.15) is 11.6 Å². The Bertz CT molecular complexity index is 457. The summed E-state index contributed by atoms with van der Waals surface area (Å²) in [5.41, 5.74) is 0.653. The van der Waals surface area contributed by atoms with Crippen LogP contribution in [-0.4, -0.2) is 23.0 Å². The van der Waals surface area contributed by atoms with Gasteiger partial charge in [-0.05, 0) is 25.3 Å². The van der Waals surface area contributed by atoms with Gasteiger partial charge in [0, 0.05) is 23.5 Å². The molecule has 90 valence electrons. The van der Waals surface area contributed by atoms with Crippen LogP contribution in [0.2, 0.25) is 0 Å². The van der Waals surface area contributed by atoms with E-state index in [4.69, 9.17) is 5.26 Å². The first-order valence-corrected chi connectivity index (χ1v) is 6.42. The summed E-state index contributed by atoms with van der Waals surface area (Å²) in [4.78, 5) is 10.1. The molecule has 0 unspecified atom stereocenters. The van der Waals surface area contributed by atoms with E-state index in [1.165, 1.54) is 12.1 Å². The van der Waals surface area contributed by atoms with E-state index in [0.29, 0.717) is 0 Å². The SMILES string of the molecule is CSC[C@H](C)Nc1ccc([N+](=O)[O-])c(C#N)c1. The molecule has 0 aliphatic rings. The van der Waals surface area contributed by atoms with Gasteiger partial charge in [-0.15, -0.1) is 0 Å². The van der Waals surface area contributed by atoms with Crippen molar-refractivity contribution in [1.82, 2.24) is 0 Å². The molecule has 0 saturated heterocycles. The van der Waals surface area contributed by atoms with Gasteiger partial charge in [-0.3, -0.25) is 10.1 Å². The normalized spacial score (nSPS) is 11.6.